The molecule has 32 heavy (non-hydrogen) atoms. The fourth-order valence-corrected chi connectivity index (χ4v) is 3.34. The largest absolute Gasteiger partial charge is 0.493 e. The lowest BCUT2D eigenvalue weighted by molar-refractivity contribution is -0.141. The molecule has 0 saturated carbocycles. The van der Waals surface area contributed by atoms with Gasteiger partial charge in [-0.05, 0) is 66.1 Å². The molecule has 0 saturated heterocycles. The zero-order valence-corrected chi connectivity index (χ0v) is 18.1. The summed E-state index contributed by atoms with van der Waals surface area (Å²) in [4.78, 5) is 12.7. The molecule has 0 spiro atoms. The molecule has 164 valence electrons. The quantitative estimate of drug-likeness (QED) is 0.470. The monoisotopic (exact) mass is 432 g/mol. The van der Waals surface area contributed by atoms with Gasteiger partial charge in [0.1, 0.15) is 11.6 Å². The molecule has 0 aromatic heterocycles. The number of rotatable bonds is 9. The average Bonchev–Trinajstić information content (AvgIpc) is 2.82. The Morgan fingerprint density at radius 2 is 1.88 bits per heavy atom. The molecule has 3 aromatic carbocycles. The molecule has 1 unspecified atom stereocenters. The number of carbonyl (C=O) groups excluding carboxylic acids is 1. The van der Waals surface area contributed by atoms with E-state index in [2.05, 4.69) is 11.4 Å². The first-order chi connectivity index (χ1) is 15.5. The van der Waals surface area contributed by atoms with Crippen LogP contribution in [0.15, 0.2) is 66.7 Å². The highest BCUT2D eigenvalue weighted by Gasteiger charge is 2.25. The molecule has 1 N–H and O–H groups in total. The molecule has 0 aliphatic carbocycles. The van der Waals surface area contributed by atoms with E-state index in [0.717, 1.165) is 17.5 Å². The number of nitrogens with one attached hydrogen (secondary N) is 1. The number of esters is 1. The van der Waals surface area contributed by atoms with Crippen molar-refractivity contribution in [1.29, 1.82) is 5.26 Å². The summed E-state index contributed by atoms with van der Waals surface area (Å²) in [5.41, 5.74) is 3.73. The van der Waals surface area contributed by atoms with E-state index in [-0.39, 0.29) is 5.82 Å². The van der Waals surface area contributed by atoms with Crippen molar-refractivity contribution in [1.82, 2.24) is 0 Å². The van der Waals surface area contributed by atoms with Gasteiger partial charge in [0, 0.05) is 17.7 Å². The Hall–Kier alpha value is -3.85. The van der Waals surface area contributed by atoms with Gasteiger partial charge < -0.3 is 14.8 Å². The fourth-order valence-electron chi connectivity index (χ4n) is 3.34. The van der Waals surface area contributed by atoms with Gasteiger partial charge >= 0.3 is 5.97 Å². The van der Waals surface area contributed by atoms with E-state index in [1.807, 2.05) is 31.2 Å². The number of ether oxygens (including phenoxy) is 2. The zero-order chi connectivity index (χ0) is 22.9. The molecular weight excluding hydrogens is 407 g/mol. The van der Waals surface area contributed by atoms with E-state index in [0.29, 0.717) is 35.6 Å². The van der Waals surface area contributed by atoms with Gasteiger partial charge in [-0.1, -0.05) is 25.1 Å². The van der Waals surface area contributed by atoms with Gasteiger partial charge in [-0.3, -0.25) is 0 Å². The fraction of sp³-hybridized carbons (Fsp3) is 0.231. The smallest absolute Gasteiger partial charge is 0.333 e. The number of halogens is 1. The molecule has 6 heteroatoms. The minimum atomic E-state index is -0.802. The highest BCUT2D eigenvalue weighted by molar-refractivity contribution is 5.82. The Bertz CT molecular complexity index is 1110. The van der Waals surface area contributed by atoms with E-state index in [9.17, 15) is 9.18 Å². The lowest BCUT2D eigenvalue weighted by atomic mass is 10.0. The highest BCUT2D eigenvalue weighted by Crippen LogP contribution is 2.31. The van der Waals surface area contributed by atoms with E-state index >= 15 is 0 Å². The van der Waals surface area contributed by atoms with Gasteiger partial charge in [-0.25, -0.2) is 9.18 Å². The Morgan fingerprint density at radius 1 is 1.09 bits per heavy atom. The average molecular weight is 432 g/mol. The number of hydrogen-bond acceptors (Lipinski definition) is 5. The van der Waals surface area contributed by atoms with Crippen LogP contribution in [0.4, 0.5) is 10.1 Å². The molecule has 0 radical (unpaired) electrons. The molecule has 0 aliphatic rings. The van der Waals surface area contributed by atoms with Gasteiger partial charge in [0.25, 0.3) is 0 Å². The maximum atomic E-state index is 13.4. The molecule has 1 atom stereocenters. The third-order valence-corrected chi connectivity index (χ3v) is 5.09. The first-order valence-corrected chi connectivity index (χ1v) is 10.4. The minimum absolute atomic E-state index is 0.284. The van der Waals surface area contributed by atoms with Crippen LogP contribution < -0.4 is 10.1 Å². The third-order valence-electron chi connectivity index (χ3n) is 5.09. The second kappa shape index (κ2) is 11.0. The number of nitrogens with zero attached hydrogens (tertiary/aromatic N) is 1. The summed E-state index contributed by atoms with van der Waals surface area (Å²) >= 11 is 0. The lowest BCUT2D eigenvalue weighted by Crippen LogP contribution is -2.23. The Balaban J connectivity index is 1.86. The minimum Gasteiger partial charge on any atom is -0.493 e. The van der Waals surface area contributed by atoms with Crippen molar-refractivity contribution in [2.75, 3.05) is 19.0 Å². The number of anilines is 1. The standard InChI is InChI=1S/C26H25FN2O3/c1-3-18-9-12-24(32-14-13-19-5-4-6-21(27)15-19)23(16-18)25(26(30)31-2)29-22-10-7-20(17-28)8-11-22/h4-12,15-16,25,29H,3,13-14H2,1-2H3. The predicted molar refractivity (Wildman–Crippen MR) is 121 cm³/mol. The number of aryl methyl sites for hydroxylation is 1. The Kier molecular flexibility index (Phi) is 7.82. The normalized spacial score (nSPS) is 11.3. The second-order valence-electron chi connectivity index (χ2n) is 7.24. The number of benzene rings is 3. The van der Waals surface area contributed by atoms with Crippen molar-refractivity contribution in [3.05, 3.63) is 94.8 Å². The topological polar surface area (TPSA) is 71.3 Å². The highest BCUT2D eigenvalue weighted by atomic mass is 19.1. The zero-order valence-electron chi connectivity index (χ0n) is 18.1. The molecule has 3 aromatic rings. The van der Waals surface area contributed by atoms with Crippen LogP contribution in [0.25, 0.3) is 0 Å². The van der Waals surface area contributed by atoms with Crippen LogP contribution in [0, 0.1) is 17.1 Å². The first-order valence-electron chi connectivity index (χ1n) is 10.4. The molecule has 0 fully saturated rings. The number of hydrogen-bond donors (Lipinski definition) is 1. The molecule has 3 rings (SSSR count). The summed E-state index contributed by atoms with van der Waals surface area (Å²) in [6.45, 7) is 2.36. The van der Waals surface area contributed by atoms with Crippen molar-refractivity contribution in [2.45, 2.75) is 25.8 Å². The van der Waals surface area contributed by atoms with Crippen LogP contribution in [0.2, 0.25) is 0 Å². The maximum Gasteiger partial charge on any atom is 0.333 e. The van der Waals surface area contributed by atoms with Gasteiger partial charge in [-0.2, -0.15) is 5.26 Å². The molecule has 0 heterocycles. The van der Waals surface area contributed by atoms with E-state index in [1.165, 1.54) is 19.2 Å². The third kappa shape index (κ3) is 5.86. The van der Waals surface area contributed by atoms with Crippen LogP contribution in [0.5, 0.6) is 5.75 Å². The molecule has 0 amide bonds. The van der Waals surface area contributed by atoms with Crippen LogP contribution >= 0.6 is 0 Å². The second-order valence-corrected chi connectivity index (χ2v) is 7.24. The maximum absolute atomic E-state index is 13.4. The van der Waals surface area contributed by atoms with Crippen molar-refractivity contribution in [3.63, 3.8) is 0 Å². The molecule has 0 bridgehead atoms. The number of methoxy groups -OCH3 is 1. The Labute approximate surface area is 187 Å². The van der Waals surface area contributed by atoms with E-state index in [1.54, 1.807) is 30.3 Å². The summed E-state index contributed by atoms with van der Waals surface area (Å²) in [5, 5.41) is 12.2. The summed E-state index contributed by atoms with van der Waals surface area (Å²) in [5.74, 6) is -0.194. The van der Waals surface area contributed by atoms with Crippen molar-refractivity contribution in [2.24, 2.45) is 0 Å². The van der Waals surface area contributed by atoms with Crippen molar-refractivity contribution >= 4 is 11.7 Å². The molecule has 0 aliphatic heterocycles. The summed E-state index contributed by atoms with van der Waals surface area (Å²) in [6, 6.07) is 20.2. The van der Waals surface area contributed by atoms with Crippen molar-refractivity contribution < 1.29 is 18.7 Å². The summed E-state index contributed by atoms with van der Waals surface area (Å²) < 4.78 is 24.5. The molecule has 5 nitrogen and oxygen atoms in total. The van der Waals surface area contributed by atoms with Gasteiger partial charge in [-0.15, -0.1) is 0 Å². The van der Waals surface area contributed by atoms with Gasteiger partial charge in [0.2, 0.25) is 0 Å². The Morgan fingerprint density at radius 3 is 2.53 bits per heavy atom. The SMILES string of the molecule is CCc1ccc(OCCc2cccc(F)c2)c(C(Nc2ccc(C#N)cc2)C(=O)OC)c1. The van der Waals surface area contributed by atoms with Gasteiger partial charge in [0.05, 0.1) is 25.3 Å². The lowest BCUT2D eigenvalue weighted by Gasteiger charge is -2.22. The summed E-state index contributed by atoms with van der Waals surface area (Å²) in [7, 11) is 1.34. The van der Waals surface area contributed by atoms with Crippen LogP contribution in [-0.2, 0) is 22.4 Å². The van der Waals surface area contributed by atoms with Crippen molar-refractivity contribution in [3.8, 4) is 11.8 Å². The number of carbonyl (C=O) groups is 1. The predicted octanol–water partition coefficient (Wildman–Crippen LogP) is 5.21. The van der Waals surface area contributed by atoms with Crippen LogP contribution in [-0.4, -0.2) is 19.7 Å². The first kappa shape index (κ1) is 22.8. The van der Waals surface area contributed by atoms with Crippen LogP contribution in [0.3, 0.4) is 0 Å². The van der Waals surface area contributed by atoms with Gasteiger partial charge in [0.15, 0.2) is 6.04 Å². The van der Waals surface area contributed by atoms with E-state index in [4.69, 9.17) is 14.7 Å². The molecular formula is C26H25FN2O3. The van der Waals surface area contributed by atoms with Crippen LogP contribution in [0.1, 0.15) is 35.2 Å². The van der Waals surface area contributed by atoms with E-state index < -0.39 is 12.0 Å². The number of nitriles is 1. The summed E-state index contributed by atoms with van der Waals surface area (Å²) in [6.07, 6.45) is 1.32.